The molecule has 94 valence electrons. The Morgan fingerprint density at radius 2 is 2.00 bits per heavy atom. The van der Waals surface area contributed by atoms with Gasteiger partial charge in [-0.15, -0.1) is 0 Å². The van der Waals surface area contributed by atoms with E-state index in [2.05, 4.69) is 4.98 Å². The van der Waals surface area contributed by atoms with Gasteiger partial charge in [-0.05, 0) is 30.7 Å². The summed E-state index contributed by atoms with van der Waals surface area (Å²) in [6.07, 6.45) is 1.73. The van der Waals surface area contributed by atoms with Gasteiger partial charge < -0.3 is 5.73 Å². The first-order valence-electron chi connectivity index (χ1n) is 6.02. The van der Waals surface area contributed by atoms with E-state index in [0.717, 1.165) is 11.3 Å². The van der Waals surface area contributed by atoms with Crippen molar-refractivity contribution in [3.05, 3.63) is 65.2 Å². The lowest BCUT2D eigenvalue weighted by Gasteiger charge is -2.20. The molecule has 0 fully saturated rings. The largest absolute Gasteiger partial charge is 0.323 e. The lowest BCUT2D eigenvalue weighted by atomic mass is 9.91. The summed E-state index contributed by atoms with van der Waals surface area (Å²) < 4.78 is 13.9. The van der Waals surface area contributed by atoms with Crippen LogP contribution in [0.15, 0.2) is 42.6 Å². The Hall–Kier alpha value is -1.74. The fraction of sp³-hybridized carbons (Fsp3) is 0.267. The molecular formula is C15H17FN2. The quantitative estimate of drug-likeness (QED) is 0.899. The predicted octanol–water partition coefficient (Wildman–Crippen LogP) is 3.33. The second-order valence-corrected chi connectivity index (χ2v) is 4.59. The topological polar surface area (TPSA) is 38.9 Å². The first-order valence-corrected chi connectivity index (χ1v) is 6.02. The van der Waals surface area contributed by atoms with Gasteiger partial charge in [0.05, 0.1) is 0 Å². The molecule has 0 saturated carbocycles. The molecule has 2 aromatic rings. The summed E-state index contributed by atoms with van der Waals surface area (Å²) in [5.41, 5.74) is 8.46. The van der Waals surface area contributed by atoms with Crippen molar-refractivity contribution >= 4 is 0 Å². The van der Waals surface area contributed by atoms with Crippen LogP contribution in [-0.4, -0.2) is 4.98 Å². The van der Waals surface area contributed by atoms with Gasteiger partial charge in [-0.25, -0.2) is 4.39 Å². The summed E-state index contributed by atoms with van der Waals surface area (Å²) in [6, 6.07) is 10.4. The molecule has 3 heteroatoms. The maximum absolute atomic E-state index is 13.9. The molecule has 0 radical (unpaired) electrons. The van der Waals surface area contributed by atoms with Crippen LogP contribution in [0, 0.1) is 12.7 Å². The fourth-order valence-electron chi connectivity index (χ4n) is 2.00. The van der Waals surface area contributed by atoms with Crippen LogP contribution in [0.1, 0.15) is 35.7 Å². The maximum atomic E-state index is 13.9. The minimum absolute atomic E-state index is 0.0246. The molecule has 2 nitrogen and oxygen atoms in total. The predicted molar refractivity (Wildman–Crippen MR) is 70.7 cm³/mol. The number of hydrogen-bond donors (Lipinski definition) is 1. The zero-order valence-corrected chi connectivity index (χ0v) is 10.6. The Bertz CT molecular complexity index is 525. The van der Waals surface area contributed by atoms with Crippen molar-refractivity contribution in [2.45, 2.75) is 25.8 Å². The van der Waals surface area contributed by atoms with E-state index in [1.165, 1.54) is 6.07 Å². The number of aromatic nitrogens is 1. The molecule has 2 atom stereocenters. The minimum Gasteiger partial charge on any atom is -0.323 e. The number of pyridine rings is 1. The van der Waals surface area contributed by atoms with E-state index in [1.807, 2.05) is 38.1 Å². The van der Waals surface area contributed by atoms with E-state index in [0.29, 0.717) is 5.56 Å². The van der Waals surface area contributed by atoms with Gasteiger partial charge in [0.25, 0.3) is 0 Å². The van der Waals surface area contributed by atoms with Crippen molar-refractivity contribution in [3.8, 4) is 0 Å². The molecule has 1 aromatic carbocycles. The van der Waals surface area contributed by atoms with E-state index in [9.17, 15) is 4.39 Å². The molecule has 0 amide bonds. The van der Waals surface area contributed by atoms with E-state index in [-0.39, 0.29) is 17.8 Å². The fourth-order valence-corrected chi connectivity index (χ4v) is 2.00. The monoisotopic (exact) mass is 244 g/mol. The number of benzene rings is 1. The number of aryl methyl sites for hydroxylation is 1. The summed E-state index contributed by atoms with van der Waals surface area (Å²) in [5, 5.41) is 0. The third kappa shape index (κ3) is 2.57. The number of hydrogen-bond acceptors (Lipinski definition) is 2. The second-order valence-electron chi connectivity index (χ2n) is 4.59. The average Bonchev–Trinajstić information content (AvgIpc) is 2.38. The maximum Gasteiger partial charge on any atom is 0.128 e. The summed E-state index contributed by atoms with van der Waals surface area (Å²) >= 11 is 0. The molecule has 2 rings (SSSR count). The van der Waals surface area contributed by atoms with Crippen molar-refractivity contribution in [1.29, 1.82) is 0 Å². The Balaban J connectivity index is 2.28. The van der Waals surface area contributed by atoms with E-state index >= 15 is 0 Å². The molecule has 1 heterocycles. The second kappa shape index (κ2) is 5.27. The van der Waals surface area contributed by atoms with Gasteiger partial charge in [0.2, 0.25) is 0 Å². The smallest absolute Gasteiger partial charge is 0.128 e. The molecule has 0 saturated heterocycles. The van der Waals surface area contributed by atoms with Crippen LogP contribution in [-0.2, 0) is 0 Å². The third-order valence-electron chi connectivity index (χ3n) is 3.21. The highest BCUT2D eigenvalue weighted by Crippen LogP contribution is 2.29. The van der Waals surface area contributed by atoms with Gasteiger partial charge in [0.1, 0.15) is 5.82 Å². The van der Waals surface area contributed by atoms with Crippen LogP contribution in [0.3, 0.4) is 0 Å². The Morgan fingerprint density at radius 3 is 2.61 bits per heavy atom. The van der Waals surface area contributed by atoms with Crippen LogP contribution >= 0.6 is 0 Å². The van der Waals surface area contributed by atoms with E-state index in [1.54, 1.807) is 12.3 Å². The molecule has 0 spiro atoms. The number of rotatable bonds is 3. The lowest BCUT2D eigenvalue weighted by molar-refractivity contribution is 0.532. The Morgan fingerprint density at radius 1 is 1.22 bits per heavy atom. The normalized spacial score (nSPS) is 14.2. The highest BCUT2D eigenvalue weighted by atomic mass is 19.1. The molecular weight excluding hydrogens is 227 g/mol. The minimum atomic E-state index is -0.388. The molecule has 0 aliphatic heterocycles. The van der Waals surface area contributed by atoms with Crippen molar-refractivity contribution < 1.29 is 4.39 Å². The lowest BCUT2D eigenvalue weighted by Crippen LogP contribution is -2.19. The zero-order valence-electron chi connectivity index (χ0n) is 10.6. The van der Waals surface area contributed by atoms with E-state index < -0.39 is 0 Å². The van der Waals surface area contributed by atoms with Gasteiger partial charge in [0.15, 0.2) is 0 Å². The SMILES string of the molecule is Cc1ccc(C(N)C(C)c2ccccn2)c(F)c1. The summed E-state index contributed by atoms with van der Waals surface area (Å²) in [7, 11) is 0. The first kappa shape index (κ1) is 12.7. The van der Waals surface area contributed by atoms with Crippen LogP contribution in [0.5, 0.6) is 0 Å². The third-order valence-corrected chi connectivity index (χ3v) is 3.21. The standard InChI is InChI=1S/C15H17FN2/c1-10-6-7-12(13(16)9-10)15(17)11(2)14-5-3-4-8-18-14/h3-9,11,15H,17H2,1-2H3. The molecule has 0 aliphatic carbocycles. The highest BCUT2D eigenvalue weighted by Gasteiger charge is 2.20. The van der Waals surface area contributed by atoms with Gasteiger partial charge in [-0.3, -0.25) is 4.98 Å². The van der Waals surface area contributed by atoms with Crippen LogP contribution in [0.25, 0.3) is 0 Å². The van der Waals surface area contributed by atoms with E-state index in [4.69, 9.17) is 5.73 Å². The van der Waals surface area contributed by atoms with Gasteiger partial charge in [-0.1, -0.05) is 25.1 Å². The van der Waals surface area contributed by atoms with Crippen LogP contribution in [0.2, 0.25) is 0 Å². The first-order chi connectivity index (χ1) is 8.59. The van der Waals surface area contributed by atoms with Crippen molar-refractivity contribution in [1.82, 2.24) is 4.98 Å². The Labute approximate surface area is 107 Å². The summed E-state index contributed by atoms with van der Waals surface area (Å²) in [5.74, 6) is -0.270. The molecule has 2 N–H and O–H groups in total. The van der Waals surface area contributed by atoms with Crippen LogP contribution in [0.4, 0.5) is 4.39 Å². The zero-order chi connectivity index (χ0) is 13.1. The number of nitrogens with zero attached hydrogens (tertiary/aromatic N) is 1. The molecule has 1 aromatic heterocycles. The molecule has 0 aliphatic rings. The number of nitrogens with two attached hydrogens (primary N) is 1. The van der Waals surface area contributed by atoms with Gasteiger partial charge >= 0.3 is 0 Å². The number of halogens is 1. The van der Waals surface area contributed by atoms with Gasteiger partial charge in [-0.2, -0.15) is 0 Å². The summed E-state index contributed by atoms with van der Waals surface area (Å²) in [6.45, 7) is 3.83. The van der Waals surface area contributed by atoms with Gasteiger partial charge in [0, 0.05) is 29.4 Å². The molecule has 2 unspecified atom stereocenters. The average molecular weight is 244 g/mol. The van der Waals surface area contributed by atoms with Crippen molar-refractivity contribution in [3.63, 3.8) is 0 Å². The highest BCUT2D eigenvalue weighted by molar-refractivity contribution is 5.28. The van der Waals surface area contributed by atoms with Crippen molar-refractivity contribution in [2.24, 2.45) is 5.73 Å². The Kier molecular flexibility index (Phi) is 3.72. The molecule has 18 heavy (non-hydrogen) atoms. The van der Waals surface area contributed by atoms with Crippen LogP contribution < -0.4 is 5.73 Å². The summed E-state index contributed by atoms with van der Waals surface area (Å²) in [4.78, 5) is 4.27. The van der Waals surface area contributed by atoms with Crippen molar-refractivity contribution in [2.75, 3.05) is 0 Å². The molecule has 0 bridgehead atoms.